The van der Waals surface area contributed by atoms with E-state index in [0.717, 1.165) is 5.56 Å². The molecular weight excluding hydrogens is 298 g/mol. The summed E-state index contributed by atoms with van der Waals surface area (Å²) in [6.07, 6.45) is 2.79. The Kier molecular flexibility index (Phi) is 3.29. The Morgan fingerprint density at radius 2 is 2.09 bits per heavy atom. The molecule has 0 unspecified atom stereocenters. The zero-order valence-electron chi connectivity index (χ0n) is 12.6. The van der Waals surface area contributed by atoms with E-state index < -0.39 is 5.91 Å². The first kappa shape index (κ1) is 14.6. The van der Waals surface area contributed by atoms with Gasteiger partial charge in [-0.05, 0) is 25.5 Å². The van der Waals surface area contributed by atoms with Crippen molar-refractivity contribution in [2.24, 2.45) is 5.73 Å². The first-order chi connectivity index (χ1) is 10.9. The molecule has 3 rings (SSSR count). The van der Waals surface area contributed by atoms with Crippen LogP contribution in [-0.4, -0.2) is 25.8 Å². The largest absolute Gasteiger partial charge is 0.508 e. The topological polar surface area (TPSA) is 133 Å². The molecular formula is C15H15N5O3. The van der Waals surface area contributed by atoms with Crippen molar-refractivity contribution in [3.63, 3.8) is 0 Å². The van der Waals surface area contributed by atoms with Gasteiger partial charge in [-0.15, -0.1) is 0 Å². The van der Waals surface area contributed by atoms with Gasteiger partial charge in [0.2, 0.25) is 5.89 Å². The third-order valence-corrected chi connectivity index (χ3v) is 3.62. The van der Waals surface area contributed by atoms with Crippen LogP contribution in [-0.2, 0) is 0 Å². The van der Waals surface area contributed by atoms with E-state index in [1.165, 1.54) is 17.1 Å². The van der Waals surface area contributed by atoms with E-state index in [0.29, 0.717) is 11.3 Å². The van der Waals surface area contributed by atoms with Gasteiger partial charge in [0.05, 0.1) is 11.9 Å². The Labute approximate surface area is 131 Å². The van der Waals surface area contributed by atoms with Crippen LogP contribution in [0.4, 0.5) is 5.82 Å². The van der Waals surface area contributed by atoms with E-state index in [1.54, 1.807) is 19.1 Å². The van der Waals surface area contributed by atoms with Gasteiger partial charge in [0.25, 0.3) is 5.91 Å². The highest BCUT2D eigenvalue weighted by Crippen LogP contribution is 2.32. The molecule has 0 saturated carbocycles. The van der Waals surface area contributed by atoms with Crippen molar-refractivity contribution in [2.45, 2.75) is 13.8 Å². The van der Waals surface area contributed by atoms with Crippen LogP contribution in [0.3, 0.4) is 0 Å². The molecule has 2 aromatic heterocycles. The van der Waals surface area contributed by atoms with Gasteiger partial charge >= 0.3 is 0 Å². The number of hydrogen-bond acceptors (Lipinski definition) is 6. The zero-order valence-corrected chi connectivity index (χ0v) is 12.6. The summed E-state index contributed by atoms with van der Waals surface area (Å²) in [5.74, 6) is -0.446. The fraction of sp³-hybridized carbons (Fsp3) is 0.133. The van der Waals surface area contributed by atoms with E-state index in [4.69, 9.17) is 15.9 Å². The number of nitrogens with two attached hydrogens (primary N) is 2. The fourth-order valence-corrected chi connectivity index (χ4v) is 2.49. The molecule has 0 bridgehead atoms. The van der Waals surface area contributed by atoms with Crippen molar-refractivity contribution in [3.8, 4) is 23.0 Å². The molecule has 0 saturated heterocycles. The highest BCUT2D eigenvalue weighted by Gasteiger charge is 2.26. The molecule has 8 nitrogen and oxygen atoms in total. The van der Waals surface area contributed by atoms with E-state index in [1.807, 2.05) is 6.92 Å². The maximum absolute atomic E-state index is 11.8. The number of nitrogens with zero attached hydrogens (tertiary/aromatic N) is 3. The Hall–Kier alpha value is -3.29. The van der Waals surface area contributed by atoms with Crippen molar-refractivity contribution in [1.82, 2.24) is 14.8 Å². The minimum absolute atomic E-state index is 0.0228. The predicted molar refractivity (Wildman–Crippen MR) is 83.1 cm³/mol. The standard InChI is InChI=1S/C15H15N5O3/c1-7-3-4-9(21)8(2)12(7)20-13(16)10(14(17)22)11(19-20)15-18-5-6-23-15/h3-6,21H,16H2,1-2H3,(H2,17,22). The second-order valence-corrected chi connectivity index (χ2v) is 5.10. The number of aromatic hydroxyl groups is 1. The smallest absolute Gasteiger partial charge is 0.254 e. The number of primary amides is 1. The summed E-state index contributed by atoms with van der Waals surface area (Å²) in [5.41, 5.74) is 13.7. The molecule has 1 aromatic carbocycles. The first-order valence-electron chi connectivity index (χ1n) is 6.79. The van der Waals surface area contributed by atoms with E-state index in [2.05, 4.69) is 10.1 Å². The number of aromatic nitrogens is 3. The number of phenols is 1. The average Bonchev–Trinajstić information content (AvgIpc) is 3.12. The molecule has 0 spiro atoms. The van der Waals surface area contributed by atoms with Crippen molar-refractivity contribution in [2.75, 3.05) is 5.73 Å². The van der Waals surface area contributed by atoms with Crippen molar-refractivity contribution in [3.05, 3.63) is 41.3 Å². The Morgan fingerprint density at radius 1 is 1.35 bits per heavy atom. The molecule has 23 heavy (non-hydrogen) atoms. The fourth-order valence-electron chi connectivity index (χ4n) is 2.49. The number of rotatable bonds is 3. The highest BCUT2D eigenvalue weighted by atomic mass is 16.3. The van der Waals surface area contributed by atoms with Gasteiger partial charge in [0.15, 0.2) is 5.69 Å². The number of amides is 1. The van der Waals surface area contributed by atoms with Gasteiger partial charge in [0, 0.05) is 5.56 Å². The van der Waals surface area contributed by atoms with Crippen LogP contribution in [0.25, 0.3) is 17.3 Å². The lowest BCUT2D eigenvalue weighted by atomic mass is 10.1. The summed E-state index contributed by atoms with van der Waals surface area (Å²) in [6.45, 7) is 3.57. The number of phenolic OH excluding ortho intramolecular Hbond substituents is 1. The second-order valence-electron chi connectivity index (χ2n) is 5.10. The van der Waals surface area contributed by atoms with Gasteiger partial charge in [-0.2, -0.15) is 5.10 Å². The first-order valence-corrected chi connectivity index (χ1v) is 6.79. The SMILES string of the molecule is Cc1ccc(O)c(C)c1-n1nc(-c2ncco2)c(C(N)=O)c1N. The summed E-state index contributed by atoms with van der Waals surface area (Å²) < 4.78 is 6.56. The van der Waals surface area contributed by atoms with Crippen molar-refractivity contribution in [1.29, 1.82) is 0 Å². The van der Waals surface area contributed by atoms with Crippen LogP contribution >= 0.6 is 0 Å². The number of carbonyl (C=O) groups excluding carboxylic acids is 1. The quantitative estimate of drug-likeness (QED) is 0.671. The summed E-state index contributed by atoms with van der Waals surface area (Å²) in [7, 11) is 0. The third kappa shape index (κ3) is 2.20. The molecule has 3 aromatic rings. The maximum atomic E-state index is 11.8. The molecule has 5 N–H and O–H groups in total. The minimum Gasteiger partial charge on any atom is -0.508 e. The summed E-state index contributed by atoms with van der Waals surface area (Å²) in [4.78, 5) is 15.8. The zero-order chi connectivity index (χ0) is 16.7. The van der Waals surface area contributed by atoms with Crippen LogP contribution < -0.4 is 11.5 Å². The van der Waals surface area contributed by atoms with Gasteiger partial charge in [-0.3, -0.25) is 4.79 Å². The van der Waals surface area contributed by atoms with Gasteiger partial charge in [0.1, 0.15) is 23.4 Å². The molecule has 0 atom stereocenters. The molecule has 118 valence electrons. The second kappa shape index (κ2) is 5.16. The van der Waals surface area contributed by atoms with Crippen molar-refractivity contribution >= 4 is 11.7 Å². The number of anilines is 1. The number of oxazole rings is 1. The van der Waals surface area contributed by atoms with Crippen LogP contribution in [0.1, 0.15) is 21.5 Å². The van der Waals surface area contributed by atoms with Crippen LogP contribution in [0, 0.1) is 13.8 Å². The summed E-state index contributed by atoms with van der Waals surface area (Å²) in [6, 6.07) is 3.31. The number of carbonyl (C=O) groups is 1. The number of benzene rings is 1. The number of nitrogen functional groups attached to an aromatic ring is 1. The number of hydrogen-bond donors (Lipinski definition) is 3. The van der Waals surface area contributed by atoms with Gasteiger partial charge in [-0.25, -0.2) is 9.67 Å². The monoisotopic (exact) mass is 313 g/mol. The minimum atomic E-state index is -0.739. The maximum Gasteiger partial charge on any atom is 0.254 e. The molecule has 2 heterocycles. The molecule has 0 aliphatic carbocycles. The molecule has 1 amide bonds. The molecule has 0 radical (unpaired) electrons. The lowest BCUT2D eigenvalue weighted by Crippen LogP contribution is -2.14. The summed E-state index contributed by atoms with van der Waals surface area (Å²) >= 11 is 0. The highest BCUT2D eigenvalue weighted by molar-refractivity contribution is 6.02. The van der Waals surface area contributed by atoms with E-state index in [-0.39, 0.29) is 28.7 Å². The van der Waals surface area contributed by atoms with Gasteiger partial charge in [-0.1, -0.05) is 6.07 Å². The van der Waals surface area contributed by atoms with Crippen molar-refractivity contribution < 1.29 is 14.3 Å². The molecule has 8 heteroatoms. The van der Waals surface area contributed by atoms with E-state index in [9.17, 15) is 9.90 Å². The Morgan fingerprint density at radius 3 is 2.70 bits per heavy atom. The lowest BCUT2D eigenvalue weighted by Gasteiger charge is -2.12. The Balaban J connectivity index is 2.33. The van der Waals surface area contributed by atoms with Crippen LogP contribution in [0.15, 0.2) is 29.0 Å². The lowest BCUT2D eigenvalue weighted by molar-refractivity contribution is 0.100. The molecule has 0 aliphatic rings. The Bertz CT molecular complexity index is 896. The normalized spacial score (nSPS) is 10.9. The molecule has 0 fully saturated rings. The van der Waals surface area contributed by atoms with Gasteiger partial charge < -0.3 is 21.0 Å². The average molecular weight is 313 g/mol. The molecule has 0 aliphatic heterocycles. The predicted octanol–water partition coefficient (Wildman–Crippen LogP) is 1.53. The number of aryl methyl sites for hydroxylation is 1. The van der Waals surface area contributed by atoms with E-state index >= 15 is 0 Å². The third-order valence-electron chi connectivity index (χ3n) is 3.62. The summed E-state index contributed by atoms with van der Waals surface area (Å²) in [5, 5.41) is 14.3. The van der Waals surface area contributed by atoms with Crippen LogP contribution in [0.2, 0.25) is 0 Å². The van der Waals surface area contributed by atoms with Crippen LogP contribution in [0.5, 0.6) is 5.75 Å².